The minimum atomic E-state index is -3.67. The molecule has 2 aromatic carbocycles. The predicted octanol–water partition coefficient (Wildman–Crippen LogP) is 3.39. The number of benzene rings is 2. The van der Waals surface area contributed by atoms with Crippen molar-refractivity contribution in [3.8, 4) is 0 Å². The number of hydrogen-bond donors (Lipinski definition) is 1. The number of sulfonamides is 1. The number of carbonyl (C=O) groups is 1. The van der Waals surface area contributed by atoms with Crippen molar-refractivity contribution in [2.24, 2.45) is 0 Å². The molecule has 1 N–H and O–H groups in total. The van der Waals surface area contributed by atoms with Crippen molar-refractivity contribution >= 4 is 15.9 Å². The summed E-state index contributed by atoms with van der Waals surface area (Å²) in [6.45, 7) is 4.41. The Morgan fingerprint density at radius 3 is 2.68 bits per heavy atom. The first-order valence-electron chi connectivity index (χ1n) is 9.57. The lowest BCUT2D eigenvalue weighted by Crippen LogP contribution is -2.44. The van der Waals surface area contributed by atoms with E-state index in [1.807, 2.05) is 30.3 Å². The third-order valence-corrected chi connectivity index (χ3v) is 6.94. The zero-order chi connectivity index (χ0) is 20.0. The van der Waals surface area contributed by atoms with Crippen LogP contribution in [0.4, 0.5) is 0 Å². The molecule has 1 saturated heterocycles. The van der Waals surface area contributed by atoms with Crippen LogP contribution in [-0.2, 0) is 16.4 Å². The molecule has 1 fully saturated rings. The summed E-state index contributed by atoms with van der Waals surface area (Å²) in [7, 11) is -3.67. The lowest BCUT2D eigenvalue weighted by Gasteiger charge is -2.35. The molecule has 1 unspecified atom stereocenters. The summed E-state index contributed by atoms with van der Waals surface area (Å²) < 4.78 is 28.3. The van der Waals surface area contributed by atoms with Crippen LogP contribution in [0.1, 0.15) is 35.2 Å². The van der Waals surface area contributed by atoms with Crippen molar-refractivity contribution in [1.82, 2.24) is 9.62 Å². The van der Waals surface area contributed by atoms with Crippen molar-refractivity contribution in [3.05, 3.63) is 78.4 Å². The Morgan fingerprint density at radius 2 is 1.93 bits per heavy atom. The van der Waals surface area contributed by atoms with Gasteiger partial charge in [0.25, 0.3) is 5.91 Å². The molecule has 1 amide bonds. The minimum absolute atomic E-state index is 0.0700. The molecule has 0 aliphatic carbocycles. The number of piperidine rings is 1. The topological polar surface area (TPSA) is 66.5 Å². The molecule has 6 heteroatoms. The third-order valence-electron chi connectivity index (χ3n) is 5.00. The second-order valence-corrected chi connectivity index (χ2v) is 8.87. The van der Waals surface area contributed by atoms with Crippen LogP contribution in [0.5, 0.6) is 0 Å². The summed E-state index contributed by atoms with van der Waals surface area (Å²) in [5.41, 5.74) is 1.46. The van der Waals surface area contributed by atoms with Crippen LogP contribution in [0.2, 0.25) is 0 Å². The molecule has 0 saturated carbocycles. The van der Waals surface area contributed by atoms with Gasteiger partial charge in [-0.15, -0.1) is 6.58 Å². The number of rotatable bonds is 7. The molecule has 0 radical (unpaired) electrons. The van der Waals surface area contributed by atoms with Gasteiger partial charge in [0, 0.05) is 24.7 Å². The molecule has 28 heavy (non-hydrogen) atoms. The van der Waals surface area contributed by atoms with Crippen molar-refractivity contribution in [1.29, 1.82) is 0 Å². The maximum Gasteiger partial charge on any atom is 0.251 e. The molecular formula is C22H26N2O3S. The van der Waals surface area contributed by atoms with E-state index < -0.39 is 10.0 Å². The summed E-state index contributed by atoms with van der Waals surface area (Å²) in [5, 5.41) is 2.68. The summed E-state index contributed by atoms with van der Waals surface area (Å²) in [6, 6.07) is 16.2. The van der Waals surface area contributed by atoms with Gasteiger partial charge >= 0.3 is 0 Å². The predicted molar refractivity (Wildman–Crippen MR) is 111 cm³/mol. The van der Waals surface area contributed by atoms with Crippen molar-refractivity contribution < 1.29 is 13.2 Å². The van der Waals surface area contributed by atoms with Crippen molar-refractivity contribution in [2.75, 3.05) is 13.1 Å². The van der Waals surface area contributed by atoms with E-state index in [4.69, 9.17) is 0 Å². The summed E-state index contributed by atoms with van der Waals surface area (Å²) in [6.07, 6.45) is 4.99. The quantitative estimate of drug-likeness (QED) is 0.727. The molecular weight excluding hydrogens is 372 g/mol. The Bertz CT molecular complexity index is 926. The van der Waals surface area contributed by atoms with Gasteiger partial charge in [0.05, 0.1) is 4.90 Å². The summed E-state index contributed by atoms with van der Waals surface area (Å²) >= 11 is 0. The van der Waals surface area contributed by atoms with Crippen molar-refractivity contribution in [3.63, 3.8) is 0 Å². The monoisotopic (exact) mass is 398 g/mol. The molecule has 148 valence electrons. The largest absolute Gasteiger partial charge is 0.349 e. The van der Waals surface area contributed by atoms with Crippen LogP contribution < -0.4 is 5.32 Å². The van der Waals surface area contributed by atoms with Gasteiger partial charge < -0.3 is 5.32 Å². The highest BCUT2D eigenvalue weighted by atomic mass is 32.2. The Kier molecular flexibility index (Phi) is 6.65. The lowest BCUT2D eigenvalue weighted by atomic mass is 9.98. The first-order valence-corrected chi connectivity index (χ1v) is 11.0. The second kappa shape index (κ2) is 9.17. The fraction of sp³-hybridized carbons (Fsp3) is 0.318. The van der Waals surface area contributed by atoms with Gasteiger partial charge in [0.1, 0.15) is 0 Å². The fourth-order valence-corrected chi connectivity index (χ4v) is 5.32. The second-order valence-electron chi connectivity index (χ2n) is 6.98. The first-order chi connectivity index (χ1) is 13.5. The summed E-state index contributed by atoms with van der Waals surface area (Å²) in [5.74, 6) is -0.309. The maximum atomic E-state index is 13.4. The Balaban J connectivity index is 1.85. The average Bonchev–Trinajstić information content (AvgIpc) is 2.73. The zero-order valence-electron chi connectivity index (χ0n) is 15.9. The van der Waals surface area contributed by atoms with E-state index in [0.29, 0.717) is 25.1 Å². The summed E-state index contributed by atoms with van der Waals surface area (Å²) in [4.78, 5) is 12.4. The molecule has 0 aromatic heterocycles. The number of amides is 1. The number of nitrogens with zero attached hydrogens (tertiary/aromatic N) is 1. The highest BCUT2D eigenvalue weighted by Gasteiger charge is 2.33. The van der Waals surface area contributed by atoms with E-state index in [2.05, 4.69) is 11.9 Å². The minimum Gasteiger partial charge on any atom is -0.349 e. The Hall–Kier alpha value is -2.44. The number of nitrogens with one attached hydrogen (secondary N) is 1. The van der Waals surface area contributed by atoms with Crippen LogP contribution in [0.3, 0.4) is 0 Å². The molecule has 0 bridgehead atoms. The van der Waals surface area contributed by atoms with E-state index in [1.165, 1.54) is 6.07 Å². The van der Waals surface area contributed by atoms with E-state index in [1.54, 1.807) is 28.6 Å². The van der Waals surface area contributed by atoms with Crippen LogP contribution in [0.15, 0.2) is 72.1 Å². The molecule has 1 atom stereocenters. The van der Waals surface area contributed by atoms with Gasteiger partial charge in [-0.2, -0.15) is 4.31 Å². The SMILES string of the molecule is C=CCNC(=O)c1cccc(S(=O)(=O)N2CCCCC2Cc2ccccc2)c1. The third kappa shape index (κ3) is 4.69. The average molecular weight is 399 g/mol. The number of carbonyl (C=O) groups excluding carboxylic acids is 1. The van der Waals surface area contributed by atoms with E-state index in [0.717, 1.165) is 24.8 Å². The Labute approximate surface area is 167 Å². The molecule has 5 nitrogen and oxygen atoms in total. The zero-order valence-corrected chi connectivity index (χ0v) is 16.7. The van der Waals surface area contributed by atoms with Crippen LogP contribution in [0, 0.1) is 0 Å². The van der Waals surface area contributed by atoms with E-state index in [9.17, 15) is 13.2 Å². The highest BCUT2D eigenvalue weighted by Crippen LogP contribution is 2.28. The lowest BCUT2D eigenvalue weighted by molar-refractivity contribution is 0.0958. The molecule has 3 rings (SSSR count). The van der Waals surface area contributed by atoms with Gasteiger partial charge in [-0.3, -0.25) is 4.79 Å². The molecule has 1 aliphatic rings. The van der Waals surface area contributed by atoms with Gasteiger partial charge in [-0.05, 0) is 43.0 Å². The Morgan fingerprint density at radius 1 is 1.14 bits per heavy atom. The van der Waals surface area contributed by atoms with Crippen LogP contribution in [-0.4, -0.2) is 37.8 Å². The smallest absolute Gasteiger partial charge is 0.251 e. The maximum absolute atomic E-state index is 13.4. The first kappa shape index (κ1) is 20.3. The van der Waals surface area contributed by atoms with Gasteiger partial charge in [0.2, 0.25) is 10.0 Å². The molecule has 0 spiro atoms. The standard InChI is InChI=1S/C22H26N2O3S/c1-2-14-23-22(25)19-11-8-13-21(17-19)28(26,27)24-15-7-6-12-20(24)16-18-9-4-3-5-10-18/h2-5,8-11,13,17,20H,1,6-7,12,14-16H2,(H,23,25). The molecule has 1 heterocycles. The van der Waals surface area contributed by atoms with Gasteiger partial charge in [0.15, 0.2) is 0 Å². The van der Waals surface area contributed by atoms with Crippen LogP contribution in [0.25, 0.3) is 0 Å². The molecule has 1 aliphatic heterocycles. The van der Waals surface area contributed by atoms with Gasteiger partial charge in [-0.1, -0.05) is 48.9 Å². The van der Waals surface area contributed by atoms with E-state index >= 15 is 0 Å². The highest BCUT2D eigenvalue weighted by molar-refractivity contribution is 7.89. The van der Waals surface area contributed by atoms with Crippen molar-refractivity contribution in [2.45, 2.75) is 36.6 Å². The molecule has 2 aromatic rings. The normalized spacial score (nSPS) is 17.8. The van der Waals surface area contributed by atoms with Gasteiger partial charge in [-0.25, -0.2) is 8.42 Å². The number of hydrogen-bond acceptors (Lipinski definition) is 3. The fourth-order valence-electron chi connectivity index (χ4n) is 3.58. The van der Waals surface area contributed by atoms with Crippen LogP contribution >= 0.6 is 0 Å². The van der Waals surface area contributed by atoms with E-state index in [-0.39, 0.29) is 16.8 Å².